The smallest absolute Gasteiger partial charge is 0.309 e. The van der Waals surface area contributed by atoms with Gasteiger partial charge in [0.25, 0.3) is 0 Å². The summed E-state index contributed by atoms with van der Waals surface area (Å²) in [4.78, 5) is 11.8. The van der Waals surface area contributed by atoms with E-state index >= 15 is 0 Å². The highest BCUT2D eigenvalue weighted by atomic mass is 16.4. The molecule has 0 aliphatic heterocycles. The van der Waals surface area contributed by atoms with Gasteiger partial charge in [-0.25, -0.2) is 0 Å². The molecule has 0 radical (unpaired) electrons. The quantitative estimate of drug-likeness (QED) is 0.723. The molecule has 5 atom stereocenters. The summed E-state index contributed by atoms with van der Waals surface area (Å²) in [5.74, 6) is 0.152. The topological polar surface area (TPSA) is 57.5 Å². The maximum atomic E-state index is 11.8. The van der Waals surface area contributed by atoms with Crippen molar-refractivity contribution in [3.8, 4) is 0 Å². The molecule has 3 heteroatoms. The summed E-state index contributed by atoms with van der Waals surface area (Å²) in [6.07, 6.45) is 8.55. The van der Waals surface area contributed by atoms with E-state index in [1.54, 1.807) is 0 Å². The number of hydrogen-bond acceptors (Lipinski definition) is 2. The molecule has 112 valence electrons. The molecule has 0 saturated heterocycles. The van der Waals surface area contributed by atoms with Crippen molar-refractivity contribution in [2.45, 2.75) is 64.9 Å². The van der Waals surface area contributed by atoms with Crippen molar-refractivity contribution >= 4 is 5.97 Å². The van der Waals surface area contributed by atoms with Crippen LogP contribution in [0.3, 0.4) is 0 Å². The van der Waals surface area contributed by atoms with Gasteiger partial charge in [-0.2, -0.15) is 0 Å². The maximum Gasteiger partial charge on any atom is 0.309 e. The normalized spacial score (nSPS) is 48.0. The summed E-state index contributed by atoms with van der Waals surface area (Å²) in [5, 5.41) is 19.6. The minimum absolute atomic E-state index is 0.107. The minimum atomic E-state index is -0.614. The molecule has 2 saturated carbocycles. The summed E-state index contributed by atoms with van der Waals surface area (Å²) in [6, 6.07) is 0. The Morgan fingerprint density at radius 1 is 1.25 bits per heavy atom. The van der Waals surface area contributed by atoms with Crippen LogP contribution in [0, 0.1) is 22.7 Å². The number of carboxylic acid groups (broad SMARTS) is 1. The number of allylic oxidation sites excluding steroid dienone is 1. The lowest BCUT2D eigenvalue weighted by Crippen LogP contribution is -2.54. The third-order valence-corrected chi connectivity index (χ3v) is 6.59. The number of aliphatic hydroxyl groups is 1. The van der Waals surface area contributed by atoms with Crippen molar-refractivity contribution < 1.29 is 15.0 Å². The Morgan fingerprint density at radius 3 is 2.70 bits per heavy atom. The zero-order chi connectivity index (χ0) is 14.5. The van der Waals surface area contributed by atoms with Crippen LogP contribution in [0.5, 0.6) is 0 Å². The van der Waals surface area contributed by atoms with Crippen molar-refractivity contribution in [2.75, 3.05) is 0 Å². The van der Waals surface area contributed by atoms with E-state index < -0.39 is 11.4 Å². The van der Waals surface area contributed by atoms with E-state index in [2.05, 4.69) is 13.0 Å². The van der Waals surface area contributed by atoms with E-state index in [-0.39, 0.29) is 17.4 Å². The predicted octanol–water partition coefficient (Wildman–Crippen LogP) is 3.37. The van der Waals surface area contributed by atoms with Gasteiger partial charge in [-0.15, -0.1) is 0 Å². The SMILES string of the molecule is C[C@]12CCC[C@@](C)(C(=O)O)[C@@H]1CCC1=C[C@H](O)CC[C@@H]12. The molecule has 0 aromatic rings. The fourth-order valence-corrected chi connectivity index (χ4v) is 5.53. The fourth-order valence-electron chi connectivity index (χ4n) is 5.53. The zero-order valence-electron chi connectivity index (χ0n) is 12.6. The summed E-state index contributed by atoms with van der Waals surface area (Å²) < 4.78 is 0. The molecule has 3 aliphatic carbocycles. The zero-order valence-corrected chi connectivity index (χ0v) is 12.6. The second kappa shape index (κ2) is 4.59. The van der Waals surface area contributed by atoms with Crippen LogP contribution in [-0.4, -0.2) is 22.3 Å². The van der Waals surface area contributed by atoms with Gasteiger partial charge in [0.05, 0.1) is 11.5 Å². The molecule has 0 bridgehead atoms. The van der Waals surface area contributed by atoms with Gasteiger partial charge in [0.2, 0.25) is 0 Å². The molecule has 20 heavy (non-hydrogen) atoms. The van der Waals surface area contributed by atoms with Crippen molar-refractivity contribution in [1.29, 1.82) is 0 Å². The molecule has 0 spiro atoms. The van der Waals surface area contributed by atoms with E-state index in [9.17, 15) is 15.0 Å². The Balaban J connectivity index is 1.99. The van der Waals surface area contributed by atoms with Gasteiger partial charge < -0.3 is 10.2 Å². The average Bonchev–Trinajstić information content (AvgIpc) is 2.37. The highest BCUT2D eigenvalue weighted by molar-refractivity contribution is 5.75. The van der Waals surface area contributed by atoms with Crippen LogP contribution in [0.15, 0.2) is 11.6 Å². The lowest BCUT2D eigenvalue weighted by molar-refractivity contribution is -0.164. The molecule has 2 N–H and O–H groups in total. The van der Waals surface area contributed by atoms with E-state index in [0.717, 1.165) is 44.9 Å². The number of fused-ring (bicyclic) bond motifs is 3. The highest BCUT2D eigenvalue weighted by Gasteiger charge is 2.57. The standard InChI is InChI=1S/C17H26O3/c1-16-8-3-9-17(2,15(19)20)14(16)7-4-11-10-12(18)5-6-13(11)16/h10,12-14,18H,3-9H2,1-2H3,(H,19,20)/t12-,13+,14-,16-,17-/m1/s1. The summed E-state index contributed by atoms with van der Waals surface area (Å²) >= 11 is 0. The number of carbonyl (C=O) groups is 1. The van der Waals surface area contributed by atoms with Gasteiger partial charge in [0, 0.05) is 0 Å². The number of aliphatic carboxylic acids is 1. The van der Waals surface area contributed by atoms with E-state index in [1.165, 1.54) is 5.57 Å². The first-order valence-electron chi connectivity index (χ1n) is 8.00. The average molecular weight is 278 g/mol. The van der Waals surface area contributed by atoms with Gasteiger partial charge in [0.15, 0.2) is 0 Å². The third-order valence-electron chi connectivity index (χ3n) is 6.59. The first-order valence-corrected chi connectivity index (χ1v) is 8.00. The maximum absolute atomic E-state index is 11.8. The van der Waals surface area contributed by atoms with Crippen LogP contribution >= 0.6 is 0 Å². The molecule has 0 aromatic carbocycles. The van der Waals surface area contributed by atoms with Crippen LogP contribution in [0.1, 0.15) is 58.8 Å². The molecule has 0 amide bonds. The molecule has 2 fully saturated rings. The van der Waals surface area contributed by atoms with E-state index in [0.29, 0.717) is 5.92 Å². The van der Waals surface area contributed by atoms with Gasteiger partial charge in [-0.05, 0) is 62.7 Å². The lowest BCUT2D eigenvalue weighted by Gasteiger charge is -2.58. The third kappa shape index (κ3) is 1.86. The Bertz CT molecular complexity index is 455. The van der Waals surface area contributed by atoms with Gasteiger partial charge >= 0.3 is 5.97 Å². The molecule has 3 nitrogen and oxygen atoms in total. The summed E-state index contributed by atoms with van der Waals surface area (Å²) in [7, 11) is 0. The molecule has 3 rings (SSSR count). The fraction of sp³-hybridized carbons (Fsp3) is 0.824. The van der Waals surface area contributed by atoms with Crippen molar-refractivity contribution in [3.63, 3.8) is 0 Å². The molecule has 0 aromatic heterocycles. The Labute approximate surface area is 121 Å². The second-order valence-electron chi connectivity index (χ2n) is 7.61. The van der Waals surface area contributed by atoms with Crippen LogP contribution in [0.2, 0.25) is 0 Å². The summed E-state index contributed by atoms with van der Waals surface area (Å²) in [6.45, 7) is 4.27. The van der Waals surface area contributed by atoms with Crippen LogP contribution in [0.25, 0.3) is 0 Å². The summed E-state index contributed by atoms with van der Waals surface area (Å²) in [5.41, 5.74) is 0.946. The predicted molar refractivity (Wildman–Crippen MR) is 77.2 cm³/mol. The van der Waals surface area contributed by atoms with Crippen molar-refractivity contribution in [2.24, 2.45) is 22.7 Å². The number of aliphatic hydroxyl groups excluding tert-OH is 1. The first kappa shape index (κ1) is 14.1. The molecular formula is C17H26O3. The Morgan fingerprint density at radius 2 is 2.00 bits per heavy atom. The van der Waals surface area contributed by atoms with Gasteiger partial charge in [-0.3, -0.25) is 4.79 Å². The minimum Gasteiger partial charge on any atom is -0.481 e. The van der Waals surface area contributed by atoms with Crippen LogP contribution in [0.4, 0.5) is 0 Å². The molecule has 0 unspecified atom stereocenters. The van der Waals surface area contributed by atoms with Crippen molar-refractivity contribution in [3.05, 3.63) is 11.6 Å². The number of hydrogen-bond donors (Lipinski definition) is 2. The highest BCUT2D eigenvalue weighted by Crippen LogP contribution is 2.62. The largest absolute Gasteiger partial charge is 0.481 e. The monoisotopic (exact) mass is 278 g/mol. The molecule has 0 heterocycles. The first-order chi connectivity index (χ1) is 9.38. The number of carboxylic acids is 1. The van der Waals surface area contributed by atoms with Crippen molar-refractivity contribution in [1.82, 2.24) is 0 Å². The number of rotatable bonds is 1. The molecular weight excluding hydrogens is 252 g/mol. The van der Waals surface area contributed by atoms with Gasteiger partial charge in [0.1, 0.15) is 0 Å². The van der Waals surface area contributed by atoms with E-state index in [4.69, 9.17) is 0 Å². The Hall–Kier alpha value is -0.830. The van der Waals surface area contributed by atoms with E-state index in [1.807, 2.05) is 6.92 Å². The lowest BCUT2D eigenvalue weighted by atomic mass is 9.46. The van der Waals surface area contributed by atoms with Crippen LogP contribution < -0.4 is 0 Å². The van der Waals surface area contributed by atoms with Gasteiger partial charge in [-0.1, -0.05) is 25.0 Å². The second-order valence-corrected chi connectivity index (χ2v) is 7.61. The van der Waals surface area contributed by atoms with Crippen LogP contribution in [-0.2, 0) is 4.79 Å². The molecule has 3 aliphatic rings. The Kier molecular flexibility index (Phi) is 3.24.